The van der Waals surface area contributed by atoms with Crippen LogP contribution in [0.25, 0.3) is 55.1 Å². The van der Waals surface area contributed by atoms with Gasteiger partial charge in [0.1, 0.15) is 23.7 Å². The Morgan fingerprint density at radius 2 is 0.926 bits per heavy atom. The number of alkyl carbamates (subject to hydrolysis) is 2. The maximum absolute atomic E-state index is 14.3. The number of benzene rings is 6. The molecular weight excluding hydrogens is 857 g/mol. The van der Waals surface area contributed by atoms with E-state index >= 15 is 0 Å². The molecule has 8 atom stereocenters. The minimum absolute atomic E-state index is 0.109. The molecule has 2 saturated carbocycles. The van der Waals surface area contributed by atoms with Crippen LogP contribution in [0.1, 0.15) is 72.6 Å². The first-order valence-corrected chi connectivity index (χ1v) is 23.2. The minimum atomic E-state index is -0.878. The molecule has 14 heteroatoms. The van der Waals surface area contributed by atoms with E-state index < -0.39 is 24.3 Å². The number of aromatic amines is 2. The highest BCUT2D eigenvalue weighted by Gasteiger charge is 2.57. The molecule has 68 heavy (non-hydrogen) atoms. The Balaban J connectivity index is 0.775. The summed E-state index contributed by atoms with van der Waals surface area (Å²) in [6, 6.07) is 42.0. The number of imidazole rings is 2. The molecule has 4 fully saturated rings. The molecule has 1 unspecified atom stereocenters. The van der Waals surface area contributed by atoms with E-state index in [0.29, 0.717) is 23.0 Å². The van der Waals surface area contributed by atoms with Crippen molar-refractivity contribution in [3.05, 3.63) is 156 Å². The van der Waals surface area contributed by atoms with Gasteiger partial charge in [-0.15, -0.1) is 0 Å². The molecule has 8 aromatic rings. The quantitative estimate of drug-likeness (QED) is 0.105. The maximum atomic E-state index is 14.3. The second-order valence-electron chi connectivity index (χ2n) is 18.6. The second kappa shape index (κ2) is 16.4. The van der Waals surface area contributed by atoms with Gasteiger partial charge in [-0.3, -0.25) is 9.59 Å². The van der Waals surface area contributed by atoms with Crippen molar-refractivity contribution in [2.24, 2.45) is 11.8 Å². The Labute approximate surface area is 391 Å². The number of rotatable bonds is 10. The maximum Gasteiger partial charge on any atom is 0.407 e. The van der Waals surface area contributed by atoms with Gasteiger partial charge in [-0.2, -0.15) is 0 Å². The van der Waals surface area contributed by atoms with Crippen molar-refractivity contribution in [2.75, 3.05) is 14.2 Å². The van der Waals surface area contributed by atoms with E-state index in [9.17, 15) is 19.2 Å². The van der Waals surface area contributed by atoms with Gasteiger partial charge in [-0.25, -0.2) is 19.6 Å². The van der Waals surface area contributed by atoms with E-state index in [-0.39, 0.29) is 36.0 Å². The van der Waals surface area contributed by atoms with Gasteiger partial charge in [0.2, 0.25) is 0 Å². The van der Waals surface area contributed by atoms with Crippen molar-refractivity contribution in [3.8, 4) is 22.3 Å². The summed E-state index contributed by atoms with van der Waals surface area (Å²) < 4.78 is 9.80. The topological polar surface area (TPSA) is 175 Å². The summed E-state index contributed by atoms with van der Waals surface area (Å²) in [4.78, 5) is 74.3. The zero-order chi connectivity index (χ0) is 46.2. The molecule has 2 aromatic heterocycles. The van der Waals surface area contributed by atoms with Crippen LogP contribution in [-0.4, -0.2) is 80.0 Å². The normalized spacial score (nSPS) is 22.1. The van der Waals surface area contributed by atoms with Gasteiger partial charge in [-0.05, 0) is 118 Å². The third-order valence-corrected chi connectivity index (χ3v) is 14.5. The molecule has 0 spiro atoms. The van der Waals surface area contributed by atoms with Crippen molar-refractivity contribution in [1.82, 2.24) is 40.4 Å². The van der Waals surface area contributed by atoms with E-state index in [1.807, 2.05) is 82.6 Å². The number of ether oxygens (including phenoxy) is 2. The Kier molecular flexibility index (Phi) is 9.99. The van der Waals surface area contributed by atoms with E-state index in [1.165, 1.54) is 14.2 Å². The van der Waals surface area contributed by atoms with Crippen LogP contribution in [0.2, 0.25) is 0 Å². The molecule has 2 aliphatic heterocycles. The minimum Gasteiger partial charge on any atom is -0.453 e. The Morgan fingerprint density at radius 3 is 1.34 bits per heavy atom. The lowest BCUT2D eigenvalue weighted by atomic mass is 9.97. The highest BCUT2D eigenvalue weighted by Crippen LogP contribution is 2.55. The van der Waals surface area contributed by atoms with E-state index in [1.54, 1.807) is 0 Å². The van der Waals surface area contributed by atoms with Gasteiger partial charge in [0.25, 0.3) is 11.8 Å². The summed E-state index contributed by atoms with van der Waals surface area (Å²) in [6.45, 7) is 0. The zero-order valence-corrected chi connectivity index (χ0v) is 37.4. The zero-order valence-electron chi connectivity index (χ0n) is 37.4. The van der Waals surface area contributed by atoms with Crippen LogP contribution < -0.4 is 10.6 Å². The number of likely N-dealkylation sites (tertiary alicyclic amines) is 2. The van der Waals surface area contributed by atoms with Crippen LogP contribution >= 0.6 is 0 Å². The SMILES string of the molecule is COC(=O)NC(C(=O)N1[C@@H]2C[C@@H]2C[C@H]1c1nc2ccc(-c3ccc4cc(-c5ccc6nc([C@@H]7C[C@H]8C[C@H]8N7C(=O)[C@@H](NC(=O)OC)c7ccccc7)[nH]c6c5)ccc4c3)cc2[nH]1)c1ccccc1. The number of hydrogen-bond donors (Lipinski definition) is 4. The lowest BCUT2D eigenvalue weighted by Crippen LogP contribution is -2.44. The molecule has 6 aromatic carbocycles. The van der Waals surface area contributed by atoms with E-state index in [4.69, 9.17) is 19.4 Å². The van der Waals surface area contributed by atoms with E-state index in [2.05, 4.69) is 81.3 Å². The predicted molar refractivity (Wildman–Crippen MR) is 256 cm³/mol. The summed E-state index contributed by atoms with van der Waals surface area (Å²) in [5, 5.41) is 7.76. The van der Waals surface area contributed by atoms with Crippen molar-refractivity contribution in [3.63, 3.8) is 0 Å². The molecule has 4 N–H and O–H groups in total. The molecule has 2 saturated heterocycles. The standard InChI is InChI=1S/C54H48N8O6/c1-67-53(65)59-47(29-9-5-3-6-10-29)51(63)61-43-25-37(43)27-45(61)49-55-39-19-17-35(23-41(39)57-49)33-15-13-32-22-34(16-14-31(32)21-33)36-18-20-40-42(24-36)58-50(56-40)46-28-38-26-44(38)62(46)52(64)48(60-54(66)68-2)30-11-7-4-8-12-30/h3-24,37-38,43-48H,25-28H2,1-2H3,(H,55,57)(H,56,58)(H,59,65)(H,60,66)/t37-,38-,43-,44-,45+,46+,47+,48?/m1/s1. The number of H-pyrrole nitrogens is 2. The van der Waals surface area contributed by atoms with Crippen LogP contribution in [0.4, 0.5) is 9.59 Å². The molecule has 14 nitrogen and oxygen atoms in total. The van der Waals surface area contributed by atoms with Crippen molar-refractivity contribution in [2.45, 2.75) is 61.9 Å². The van der Waals surface area contributed by atoms with Crippen LogP contribution in [0.15, 0.2) is 133 Å². The van der Waals surface area contributed by atoms with Gasteiger partial charge in [-0.1, -0.05) is 97.1 Å². The number of nitrogens with zero attached hydrogens (tertiary/aromatic N) is 4. The molecular formula is C54H48N8O6. The molecule has 4 amide bonds. The van der Waals surface area contributed by atoms with Gasteiger partial charge in [0.05, 0.1) is 48.4 Å². The fraction of sp³-hybridized carbons (Fsp3) is 0.259. The fourth-order valence-electron chi connectivity index (χ4n) is 10.9. The number of fused-ring (bicyclic) bond motifs is 5. The number of carbonyl (C=O) groups excluding carboxylic acids is 4. The van der Waals surface area contributed by atoms with Crippen LogP contribution in [-0.2, 0) is 19.1 Å². The Bertz CT molecular complexity index is 3080. The Morgan fingerprint density at radius 1 is 0.529 bits per heavy atom. The first kappa shape index (κ1) is 41.4. The number of nitrogens with one attached hydrogen (secondary N) is 4. The average Bonchev–Trinajstić information content (AvgIpc) is 4.04. The van der Waals surface area contributed by atoms with Crippen LogP contribution in [0, 0.1) is 11.8 Å². The number of carbonyl (C=O) groups is 4. The van der Waals surface area contributed by atoms with Crippen molar-refractivity contribution < 1.29 is 28.7 Å². The fourth-order valence-corrected chi connectivity index (χ4v) is 10.9. The second-order valence-corrected chi connectivity index (χ2v) is 18.6. The summed E-state index contributed by atoms with van der Waals surface area (Å²) in [7, 11) is 2.59. The molecule has 4 heterocycles. The van der Waals surface area contributed by atoms with E-state index in [0.717, 1.165) is 92.4 Å². The third kappa shape index (κ3) is 7.36. The smallest absolute Gasteiger partial charge is 0.407 e. The van der Waals surface area contributed by atoms with Gasteiger partial charge >= 0.3 is 12.2 Å². The highest BCUT2D eigenvalue weighted by atomic mass is 16.5. The largest absolute Gasteiger partial charge is 0.453 e. The van der Waals surface area contributed by atoms with Crippen molar-refractivity contribution >= 4 is 56.8 Å². The summed E-state index contributed by atoms with van der Waals surface area (Å²) in [5.74, 6) is 1.95. The first-order chi connectivity index (χ1) is 33.2. The lowest BCUT2D eigenvalue weighted by molar-refractivity contribution is -0.136. The number of piperidine rings is 2. The monoisotopic (exact) mass is 904 g/mol. The van der Waals surface area contributed by atoms with Crippen LogP contribution in [0.5, 0.6) is 0 Å². The average molecular weight is 905 g/mol. The molecule has 0 bridgehead atoms. The first-order valence-electron chi connectivity index (χ1n) is 23.2. The Hall–Kier alpha value is -8.00. The van der Waals surface area contributed by atoms with Gasteiger partial charge in [0.15, 0.2) is 0 Å². The summed E-state index contributed by atoms with van der Waals surface area (Å²) >= 11 is 0. The third-order valence-electron chi connectivity index (χ3n) is 14.5. The molecule has 2 aliphatic carbocycles. The number of amides is 4. The molecule has 4 aliphatic rings. The molecule has 340 valence electrons. The predicted octanol–water partition coefficient (Wildman–Crippen LogP) is 9.44. The summed E-state index contributed by atoms with van der Waals surface area (Å²) in [6.07, 6.45) is 2.19. The van der Waals surface area contributed by atoms with Gasteiger partial charge in [0, 0.05) is 12.1 Å². The van der Waals surface area contributed by atoms with Crippen molar-refractivity contribution in [1.29, 1.82) is 0 Å². The highest BCUT2D eigenvalue weighted by molar-refractivity contribution is 5.94. The van der Waals surface area contributed by atoms with Gasteiger partial charge < -0.3 is 39.9 Å². The number of hydrogen-bond acceptors (Lipinski definition) is 8. The molecule has 0 radical (unpaired) electrons. The number of aromatic nitrogens is 4. The van der Waals surface area contributed by atoms with Crippen LogP contribution in [0.3, 0.4) is 0 Å². The molecule has 12 rings (SSSR count). The lowest BCUT2D eigenvalue weighted by Gasteiger charge is -2.30. The number of methoxy groups -OCH3 is 2. The summed E-state index contributed by atoms with van der Waals surface area (Å²) in [5.41, 5.74) is 9.05.